The molecule has 102 valence electrons. The third-order valence-corrected chi connectivity index (χ3v) is 4.60. The average Bonchev–Trinajstić information content (AvgIpc) is 2.64. The molecule has 0 unspecified atom stereocenters. The van der Waals surface area contributed by atoms with Crippen LogP contribution in [0.1, 0.15) is 44.3 Å². The summed E-state index contributed by atoms with van der Waals surface area (Å²) < 4.78 is 14.0. The van der Waals surface area contributed by atoms with Gasteiger partial charge in [-0.2, -0.15) is 0 Å². The molecule has 0 aliphatic heterocycles. The highest BCUT2D eigenvalue weighted by atomic mass is 79.9. The molecule has 1 fully saturated rings. The van der Waals surface area contributed by atoms with Crippen molar-refractivity contribution in [1.82, 2.24) is 9.97 Å². The Morgan fingerprint density at radius 1 is 1.21 bits per heavy atom. The third kappa shape index (κ3) is 2.41. The maximum Gasteiger partial charge on any atom is 0.139 e. The number of nitrogens with two attached hydrogens (primary N) is 1. The van der Waals surface area contributed by atoms with Crippen LogP contribution >= 0.6 is 15.9 Å². The third-order valence-electron chi connectivity index (χ3n) is 3.99. The zero-order valence-corrected chi connectivity index (χ0v) is 12.3. The Bertz CT molecular complexity index is 561. The maximum absolute atomic E-state index is 13.5. The van der Waals surface area contributed by atoms with E-state index in [0.29, 0.717) is 9.99 Å². The molecule has 0 saturated heterocycles. The molecule has 0 amide bonds. The molecule has 5 heteroatoms. The van der Waals surface area contributed by atoms with Crippen molar-refractivity contribution < 1.29 is 4.39 Å². The minimum Gasteiger partial charge on any atom is -0.340 e. The molecule has 1 aromatic heterocycles. The highest BCUT2D eigenvalue weighted by Gasteiger charge is 2.31. The number of nitrogens with one attached hydrogen (secondary N) is 1. The van der Waals surface area contributed by atoms with Crippen LogP contribution in [0, 0.1) is 5.82 Å². The first-order valence-corrected chi connectivity index (χ1v) is 7.52. The topological polar surface area (TPSA) is 54.7 Å². The Balaban J connectivity index is 2.04. The molecule has 0 radical (unpaired) electrons. The van der Waals surface area contributed by atoms with E-state index in [9.17, 15) is 4.39 Å². The van der Waals surface area contributed by atoms with Gasteiger partial charge < -0.3 is 10.7 Å². The van der Waals surface area contributed by atoms with Gasteiger partial charge in [0.2, 0.25) is 0 Å². The zero-order valence-electron chi connectivity index (χ0n) is 10.7. The second kappa shape index (κ2) is 4.87. The lowest BCUT2D eigenvalue weighted by Gasteiger charge is -2.25. The molecular formula is C14H17BrFN3. The van der Waals surface area contributed by atoms with Crippen molar-refractivity contribution in [3.05, 3.63) is 28.2 Å². The molecule has 1 aromatic carbocycles. The summed E-state index contributed by atoms with van der Waals surface area (Å²) in [6, 6.07) is 3.17. The molecule has 0 spiro atoms. The molecule has 1 aliphatic rings. The number of fused-ring (bicyclic) bond motifs is 1. The Morgan fingerprint density at radius 2 is 1.89 bits per heavy atom. The molecule has 3 N–H and O–H groups in total. The number of imidazole rings is 1. The number of aromatic nitrogens is 2. The SMILES string of the molecule is NC1(c2nc3cc(Br)c(F)cc3[nH]2)CCCCCC1. The molecule has 0 atom stereocenters. The Morgan fingerprint density at radius 3 is 2.58 bits per heavy atom. The van der Waals surface area contributed by atoms with E-state index < -0.39 is 5.54 Å². The van der Waals surface area contributed by atoms with E-state index in [1.807, 2.05) is 0 Å². The van der Waals surface area contributed by atoms with Gasteiger partial charge in [-0.15, -0.1) is 0 Å². The second-order valence-corrected chi connectivity index (χ2v) is 6.29. The molecule has 19 heavy (non-hydrogen) atoms. The Hall–Kier alpha value is -0.940. The number of benzene rings is 1. The second-order valence-electron chi connectivity index (χ2n) is 5.44. The van der Waals surface area contributed by atoms with Crippen LogP contribution in [0.5, 0.6) is 0 Å². The lowest BCUT2D eigenvalue weighted by molar-refractivity contribution is 0.366. The summed E-state index contributed by atoms with van der Waals surface area (Å²) in [7, 11) is 0. The summed E-state index contributed by atoms with van der Waals surface area (Å²) in [5.41, 5.74) is 7.60. The summed E-state index contributed by atoms with van der Waals surface area (Å²) in [5, 5.41) is 0. The number of aromatic amines is 1. The first-order chi connectivity index (χ1) is 9.08. The van der Waals surface area contributed by atoms with Gasteiger partial charge in [0.15, 0.2) is 0 Å². The van der Waals surface area contributed by atoms with Crippen LogP contribution in [0.15, 0.2) is 16.6 Å². The first-order valence-electron chi connectivity index (χ1n) is 6.73. The van der Waals surface area contributed by atoms with Crippen LogP contribution in [-0.4, -0.2) is 9.97 Å². The van der Waals surface area contributed by atoms with Gasteiger partial charge in [0.05, 0.1) is 21.0 Å². The van der Waals surface area contributed by atoms with Crippen molar-refractivity contribution in [3.8, 4) is 0 Å². The Labute approximate surface area is 119 Å². The normalized spacial score (nSPS) is 19.5. The van der Waals surface area contributed by atoms with Gasteiger partial charge in [-0.1, -0.05) is 25.7 Å². The monoisotopic (exact) mass is 325 g/mol. The van der Waals surface area contributed by atoms with Gasteiger partial charge >= 0.3 is 0 Å². The first kappa shape index (κ1) is 13.1. The minimum atomic E-state index is -0.390. The molecule has 0 bridgehead atoms. The quantitative estimate of drug-likeness (QED) is 0.779. The van der Waals surface area contributed by atoms with Crippen molar-refractivity contribution >= 4 is 27.0 Å². The lowest BCUT2D eigenvalue weighted by Crippen LogP contribution is -2.37. The van der Waals surface area contributed by atoms with E-state index in [-0.39, 0.29) is 5.82 Å². The predicted octanol–water partition coefficient (Wildman–Crippen LogP) is 3.97. The highest BCUT2D eigenvalue weighted by Crippen LogP contribution is 2.33. The van der Waals surface area contributed by atoms with E-state index >= 15 is 0 Å². The van der Waals surface area contributed by atoms with Crippen LogP contribution < -0.4 is 5.73 Å². The van der Waals surface area contributed by atoms with Gasteiger partial charge in [-0.25, -0.2) is 9.37 Å². The fourth-order valence-corrected chi connectivity index (χ4v) is 3.17. The standard InChI is InChI=1S/C14H17BrFN3/c15-9-7-11-12(8-10(9)16)19-13(18-11)14(17)5-3-1-2-4-6-14/h7-8H,1-6,17H2,(H,18,19). The fourth-order valence-electron chi connectivity index (χ4n) is 2.84. The van der Waals surface area contributed by atoms with E-state index in [0.717, 1.165) is 37.0 Å². The number of hydrogen-bond acceptors (Lipinski definition) is 2. The van der Waals surface area contributed by atoms with Gasteiger partial charge in [-0.3, -0.25) is 0 Å². The number of H-pyrrole nitrogens is 1. The van der Waals surface area contributed by atoms with E-state index in [1.165, 1.54) is 18.9 Å². The van der Waals surface area contributed by atoms with Crippen molar-refractivity contribution in [2.24, 2.45) is 5.73 Å². The largest absolute Gasteiger partial charge is 0.340 e. The van der Waals surface area contributed by atoms with E-state index in [1.54, 1.807) is 6.07 Å². The predicted molar refractivity (Wildman–Crippen MR) is 77.3 cm³/mol. The van der Waals surface area contributed by atoms with Gasteiger partial charge in [-0.05, 0) is 34.8 Å². The summed E-state index contributed by atoms with van der Waals surface area (Å²) in [4.78, 5) is 7.78. The summed E-state index contributed by atoms with van der Waals surface area (Å²) in [6.45, 7) is 0. The van der Waals surface area contributed by atoms with Gasteiger partial charge in [0.25, 0.3) is 0 Å². The molecule has 3 rings (SSSR count). The van der Waals surface area contributed by atoms with Gasteiger partial charge in [0.1, 0.15) is 11.6 Å². The van der Waals surface area contributed by atoms with Crippen LogP contribution in [0.2, 0.25) is 0 Å². The zero-order chi connectivity index (χ0) is 13.5. The van der Waals surface area contributed by atoms with Crippen molar-refractivity contribution in [3.63, 3.8) is 0 Å². The van der Waals surface area contributed by atoms with Crippen LogP contribution in [0.4, 0.5) is 4.39 Å². The van der Waals surface area contributed by atoms with E-state index in [4.69, 9.17) is 5.73 Å². The molecule has 1 aliphatic carbocycles. The maximum atomic E-state index is 13.5. The van der Waals surface area contributed by atoms with Crippen molar-refractivity contribution in [2.75, 3.05) is 0 Å². The van der Waals surface area contributed by atoms with Crippen LogP contribution in [0.3, 0.4) is 0 Å². The lowest BCUT2D eigenvalue weighted by atomic mass is 9.91. The summed E-state index contributed by atoms with van der Waals surface area (Å²) >= 11 is 3.19. The van der Waals surface area contributed by atoms with Gasteiger partial charge in [0, 0.05) is 6.07 Å². The molecule has 1 heterocycles. The summed E-state index contributed by atoms with van der Waals surface area (Å²) in [6.07, 6.45) is 6.61. The number of halogens is 2. The smallest absolute Gasteiger partial charge is 0.139 e. The number of hydrogen-bond donors (Lipinski definition) is 2. The minimum absolute atomic E-state index is 0.283. The average molecular weight is 326 g/mol. The van der Waals surface area contributed by atoms with Crippen LogP contribution in [0.25, 0.3) is 11.0 Å². The van der Waals surface area contributed by atoms with Crippen LogP contribution in [-0.2, 0) is 5.54 Å². The molecular weight excluding hydrogens is 309 g/mol. The molecule has 2 aromatic rings. The summed E-state index contributed by atoms with van der Waals surface area (Å²) in [5.74, 6) is 0.511. The fraction of sp³-hybridized carbons (Fsp3) is 0.500. The highest BCUT2D eigenvalue weighted by molar-refractivity contribution is 9.10. The Kier molecular flexibility index (Phi) is 3.35. The van der Waals surface area contributed by atoms with Crippen molar-refractivity contribution in [2.45, 2.75) is 44.1 Å². The van der Waals surface area contributed by atoms with E-state index in [2.05, 4.69) is 25.9 Å². The number of rotatable bonds is 1. The molecule has 1 saturated carbocycles. The van der Waals surface area contributed by atoms with Crippen molar-refractivity contribution in [1.29, 1.82) is 0 Å². The molecule has 3 nitrogen and oxygen atoms in total. The number of nitrogens with zero attached hydrogens (tertiary/aromatic N) is 1.